The third-order valence-electron chi connectivity index (χ3n) is 2.22. The third kappa shape index (κ3) is 2.56. The van der Waals surface area contributed by atoms with Gasteiger partial charge in [-0.2, -0.15) is 0 Å². The molecule has 0 fully saturated rings. The van der Waals surface area contributed by atoms with Crippen LogP contribution < -0.4 is 0 Å². The van der Waals surface area contributed by atoms with Gasteiger partial charge in [-0.05, 0) is 30.4 Å². The Morgan fingerprint density at radius 2 is 1.93 bits per heavy atom. The minimum Gasteiger partial charge on any atom is -0.497 e. The van der Waals surface area contributed by atoms with Crippen LogP contribution in [-0.4, -0.2) is 12.8 Å². The van der Waals surface area contributed by atoms with Crippen molar-refractivity contribution in [3.8, 4) is 0 Å². The predicted molar refractivity (Wildman–Crippen MR) is 62.4 cm³/mol. The van der Waals surface area contributed by atoms with Gasteiger partial charge in [0.05, 0.1) is 12.8 Å². The van der Waals surface area contributed by atoms with E-state index in [0.717, 1.165) is 23.6 Å². The van der Waals surface area contributed by atoms with Gasteiger partial charge >= 0.3 is 0 Å². The zero-order chi connectivity index (χ0) is 10.5. The summed E-state index contributed by atoms with van der Waals surface area (Å²) in [6.45, 7) is 0. The standard InChI is InChI=1S/C13H13NO/c1-15-13-9-7-12(8-10-13)14-11-5-3-2-4-6-11/h2-7,9-10H,8H2,1H3. The molecular formula is C13H13NO. The van der Waals surface area contributed by atoms with Crippen molar-refractivity contribution in [3.63, 3.8) is 0 Å². The highest BCUT2D eigenvalue weighted by molar-refractivity contribution is 5.99. The van der Waals surface area contributed by atoms with E-state index < -0.39 is 0 Å². The molecule has 1 aliphatic carbocycles. The molecule has 2 nitrogen and oxygen atoms in total. The Labute approximate surface area is 89.6 Å². The summed E-state index contributed by atoms with van der Waals surface area (Å²) >= 11 is 0. The van der Waals surface area contributed by atoms with Gasteiger partial charge in [0.1, 0.15) is 5.76 Å². The van der Waals surface area contributed by atoms with Crippen LogP contribution in [0.4, 0.5) is 5.69 Å². The first-order valence-corrected chi connectivity index (χ1v) is 4.93. The van der Waals surface area contributed by atoms with Gasteiger partial charge in [0.15, 0.2) is 0 Å². The lowest BCUT2D eigenvalue weighted by Gasteiger charge is -2.07. The molecule has 2 rings (SSSR count). The monoisotopic (exact) mass is 199 g/mol. The highest BCUT2D eigenvalue weighted by Gasteiger charge is 2.01. The topological polar surface area (TPSA) is 21.6 Å². The van der Waals surface area contributed by atoms with Gasteiger partial charge < -0.3 is 4.74 Å². The molecule has 1 aromatic carbocycles. The van der Waals surface area contributed by atoms with Crippen LogP contribution in [0.25, 0.3) is 0 Å². The smallest absolute Gasteiger partial charge is 0.115 e. The zero-order valence-electron chi connectivity index (χ0n) is 8.68. The lowest BCUT2D eigenvalue weighted by molar-refractivity contribution is 0.305. The van der Waals surface area contributed by atoms with Crippen LogP contribution in [0.1, 0.15) is 6.42 Å². The van der Waals surface area contributed by atoms with Gasteiger partial charge in [0, 0.05) is 12.1 Å². The lowest BCUT2D eigenvalue weighted by Crippen LogP contribution is -1.98. The maximum Gasteiger partial charge on any atom is 0.115 e. The zero-order valence-corrected chi connectivity index (χ0v) is 8.68. The van der Waals surface area contributed by atoms with E-state index in [1.54, 1.807) is 7.11 Å². The van der Waals surface area contributed by atoms with Crippen LogP contribution in [0.5, 0.6) is 0 Å². The average Bonchev–Trinajstić information content (AvgIpc) is 2.31. The SMILES string of the molecule is COC1=CCC(=Nc2ccccc2)C=C1. The van der Waals surface area contributed by atoms with Crippen LogP contribution in [-0.2, 0) is 4.74 Å². The molecule has 0 radical (unpaired) electrons. The molecule has 0 N–H and O–H groups in total. The number of methoxy groups -OCH3 is 1. The van der Waals surface area contributed by atoms with E-state index in [0.29, 0.717) is 0 Å². The number of ether oxygens (including phenoxy) is 1. The van der Waals surface area contributed by atoms with Crippen molar-refractivity contribution in [2.75, 3.05) is 7.11 Å². The number of aliphatic imine (C=N–C) groups is 1. The Balaban J connectivity index is 2.13. The van der Waals surface area contributed by atoms with Crippen molar-refractivity contribution in [3.05, 3.63) is 54.3 Å². The molecule has 15 heavy (non-hydrogen) atoms. The fraction of sp³-hybridized carbons (Fsp3) is 0.154. The van der Waals surface area contributed by atoms with E-state index in [-0.39, 0.29) is 0 Å². The van der Waals surface area contributed by atoms with Gasteiger partial charge in [-0.3, -0.25) is 4.99 Å². The van der Waals surface area contributed by atoms with E-state index in [9.17, 15) is 0 Å². The van der Waals surface area contributed by atoms with Crippen molar-refractivity contribution < 1.29 is 4.74 Å². The van der Waals surface area contributed by atoms with Gasteiger partial charge in [-0.15, -0.1) is 0 Å². The molecule has 0 atom stereocenters. The molecule has 76 valence electrons. The minimum atomic E-state index is 0.828. The van der Waals surface area contributed by atoms with E-state index in [1.165, 1.54) is 0 Å². The van der Waals surface area contributed by atoms with Crippen molar-refractivity contribution in [1.82, 2.24) is 0 Å². The number of para-hydroxylation sites is 1. The second-order valence-corrected chi connectivity index (χ2v) is 3.29. The van der Waals surface area contributed by atoms with E-state index in [1.807, 2.05) is 48.6 Å². The molecule has 1 aliphatic rings. The number of nitrogens with zero attached hydrogens (tertiary/aromatic N) is 1. The van der Waals surface area contributed by atoms with E-state index in [2.05, 4.69) is 4.99 Å². The maximum absolute atomic E-state index is 5.11. The molecule has 0 aromatic heterocycles. The van der Waals surface area contributed by atoms with Crippen molar-refractivity contribution >= 4 is 11.4 Å². The second kappa shape index (κ2) is 4.60. The molecule has 0 unspecified atom stereocenters. The quantitative estimate of drug-likeness (QED) is 0.716. The van der Waals surface area contributed by atoms with Gasteiger partial charge in [0.25, 0.3) is 0 Å². The first kappa shape index (κ1) is 9.71. The molecule has 0 amide bonds. The summed E-state index contributed by atoms with van der Waals surface area (Å²) in [5.41, 5.74) is 2.05. The van der Waals surface area contributed by atoms with Gasteiger partial charge in [0.2, 0.25) is 0 Å². The number of rotatable bonds is 2. The average molecular weight is 199 g/mol. The highest BCUT2D eigenvalue weighted by Crippen LogP contribution is 2.15. The molecular weight excluding hydrogens is 186 g/mol. The van der Waals surface area contributed by atoms with E-state index in [4.69, 9.17) is 4.74 Å². The molecule has 0 spiro atoms. The molecule has 0 heterocycles. The van der Waals surface area contributed by atoms with Crippen LogP contribution in [0.15, 0.2) is 59.3 Å². The molecule has 2 heteroatoms. The van der Waals surface area contributed by atoms with Gasteiger partial charge in [-0.1, -0.05) is 18.2 Å². The molecule has 0 aliphatic heterocycles. The summed E-state index contributed by atoms with van der Waals surface area (Å²) in [5, 5.41) is 0. The van der Waals surface area contributed by atoms with E-state index >= 15 is 0 Å². The third-order valence-corrected chi connectivity index (χ3v) is 2.22. The van der Waals surface area contributed by atoms with Crippen molar-refractivity contribution in [1.29, 1.82) is 0 Å². The Morgan fingerprint density at radius 1 is 1.13 bits per heavy atom. The number of hydrogen-bond donors (Lipinski definition) is 0. The van der Waals surface area contributed by atoms with Crippen molar-refractivity contribution in [2.45, 2.75) is 6.42 Å². The summed E-state index contributed by atoms with van der Waals surface area (Å²) in [6.07, 6.45) is 6.79. The summed E-state index contributed by atoms with van der Waals surface area (Å²) in [4.78, 5) is 4.52. The first-order chi connectivity index (χ1) is 7.38. The number of hydrogen-bond acceptors (Lipinski definition) is 2. The highest BCUT2D eigenvalue weighted by atomic mass is 16.5. The molecule has 0 bridgehead atoms. The predicted octanol–water partition coefficient (Wildman–Crippen LogP) is 3.25. The molecule has 0 saturated carbocycles. The fourth-order valence-corrected chi connectivity index (χ4v) is 1.42. The summed E-state index contributed by atoms with van der Waals surface area (Å²) in [5.74, 6) is 0.905. The van der Waals surface area contributed by atoms with Gasteiger partial charge in [-0.25, -0.2) is 0 Å². The fourth-order valence-electron chi connectivity index (χ4n) is 1.42. The van der Waals surface area contributed by atoms with Crippen LogP contribution in [0.3, 0.4) is 0 Å². The molecule has 1 aromatic rings. The maximum atomic E-state index is 5.11. The Bertz CT molecular complexity index is 415. The largest absolute Gasteiger partial charge is 0.497 e. The first-order valence-electron chi connectivity index (χ1n) is 4.93. The Hall–Kier alpha value is -1.83. The second-order valence-electron chi connectivity index (χ2n) is 3.29. The summed E-state index contributed by atoms with van der Waals surface area (Å²) in [7, 11) is 1.68. The summed E-state index contributed by atoms with van der Waals surface area (Å²) < 4.78 is 5.11. The van der Waals surface area contributed by atoms with Crippen LogP contribution in [0.2, 0.25) is 0 Å². The van der Waals surface area contributed by atoms with Crippen LogP contribution in [0, 0.1) is 0 Å². The molecule has 0 saturated heterocycles. The number of benzene rings is 1. The normalized spacial score (nSPS) is 17.7. The summed E-state index contributed by atoms with van der Waals surface area (Å²) in [6, 6.07) is 9.96. The minimum absolute atomic E-state index is 0.828. The number of allylic oxidation sites excluding steroid dienone is 3. The Morgan fingerprint density at radius 3 is 2.53 bits per heavy atom. The lowest BCUT2D eigenvalue weighted by atomic mass is 10.1. The van der Waals surface area contributed by atoms with Crippen LogP contribution >= 0.6 is 0 Å². The Kier molecular flexibility index (Phi) is 2.98. The van der Waals surface area contributed by atoms with Crippen molar-refractivity contribution in [2.24, 2.45) is 4.99 Å².